The third-order valence-electron chi connectivity index (χ3n) is 2.97. The predicted molar refractivity (Wildman–Crippen MR) is 78.1 cm³/mol. The summed E-state index contributed by atoms with van der Waals surface area (Å²) < 4.78 is 38.7. The van der Waals surface area contributed by atoms with Gasteiger partial charge in [0.15, 0.2) is 5.78 Å². The number of Topliss-reactive ketones (excluding diaryl/α,β-unsaturated/α-hetero) is 1. The molecule has 11 heteroatoms. The summed E-state index contributed by atoms with van der Waals surface area (Å²) in [5, 5.41) is 12.2. The summed E-state index contributed by atoms with van der Waals surface area (Å²) in [4.78, 5) is 23.3. The van der Waals surface area contributed by atoms with Gasteiger partial charge >= 0.3 is 6.18 Å². The van der Waals surface area contributed by atoms with Gasteiger partial charge in [0.05, 0.1) is 0 Å². The van der Waals surface area contributed by atoms with E-state index in [2.05, 4.69) is 20.6 Å². The summed E-state index contributed by atoms with van der Waals surface area (Å²) in [6.07, 6.45) is -4.73. The molecule has 124 valence electrons. The molecule has 0 aliphatic rings. The molecular formula is C13H8F3N5O2S. The van der Waals surface area contributed by atoms with Crippen LogP contribution in [-0.4, -0.2) is 31.5 Å². The quantitative estimate of drug-likeness (QED) is 0.730. The first-order valence-corrected chi connectivity index (χ1v) is 7.29. The first kappa shape index (κ1) is 16.1. The van der Waals surface area contributed by atoms with Crippen LogP contribution in [-0.2, 0) is 6.18 Å². The van der Waals surface area contributed by atoms with Gasteiger partial charge in [0, 0.05) is 11.3 Å². The van der Waals surface area contributed by atoms with Crippen molar-refractivity contribution in [3.8, 4) is 0 Å². The van der Waals surface area contributed by atoms with E-state index < -0.39 is 17.9 Å². The molecule has 2 aromatic heterocycles. The first-order valence-electron chi connectivity index (χ1n) is 6.47. The van der Waals surface area contributed by atoms with Crippen molar-refractivity contribution < 1.29 is 22.8 Å². The van der Waals surface area contributed by atoms with Gasteiger partial charge in [-0.3, -0.25) is 9.59 Å². The zero-order valence-electron chi connectivity index (χ0n) is 12.0. The molecular weight excluding hydrogens is 347 g/mol. The summed E-state index contributed by atoms with van der Waals surface area (Å²) in [5.74, 6) is -2.19. The van der Waals surface area contributed by atoms with Crippen molar-refractivity contribution in [3.63, 3.8) is 0 Å². The van der Waals surface area contributed by atoms with E-state index >= 15 is 0 Å². The number of ketones is 1. The fraction of sp³-hybridized carbons (Fsp3) is 0.154. The highest BCUT2D eigenvalue weighted by molar-refractivity contribution is 7.18. The van der Waals surface area contributed by atoms with E-state index in [4.69, 9.17) is 0 Å². The van der Waals surface area contributed by atoms with Crippen molar-refractivity contribution in [1.82, 2.24) is 19.8 Å². The molecule has 0 aliphatic carbocycles. The number of alkyl halides is 3. The average Bonchev–Trinajstić information content (AvgIpc) is 3.06. The summed E-state index contributed by atoms with van der Waals surface area (Å²) in [5.41, 5.74) is 0.722. The van der Waals surface area contributed by atoms with E-state index in [0.717, 1.165) is 0 Å². The molecule has 0 spiro atoms. The highest BCUT2D eigenvalue weighted by Gasteiger charge is 2.38. The normalized spacial score (nSPS) is 11.7. The lowest BCUT2D eigenvalue weighted by Gasteiger charge is -2.04. The number of hydrogen-bond donors (Lipinski definition) is 1. The molecule has 0 bridgehead atoms. The lowest BCUT2D eigenvalue weighted by molar-refractivity contribution is -0.146. The van der Waals surface area contributed by atoms with Crippen molar-refractivity contribution in [1.29, 1.82) is 0 Å². The summed E-state index contributed by atoms with van der Waals surface area (Å²) in [6.45, 7) is 1.38. The topological polar surface area (TPSA) is 89.2 Å². The standard InChI is InChI=1S/C13H8F3N5O2S/c1-6(22)7-3-2-4-8(5-7)17-9(23)10-20-21-11(13(14,15)16)18-19-12(21)24-10/h2-5H,1H3,(H,17,23). The van der Waals surface area contributed by atoms with Crippen molar-refractivity contribution in [3.05, 3.63) is 40.7 Å². The van der Waals surface area contributed by atoms with E-state index in [1.807, 2.05) is 0 Å². The second-order valence-electron chi connectivity index (χ2n) is 4.71. The van der Waals surface area contributed by atoms with Crippen molar-refractivity contribution in [2.24, 2.45) is 0 Å². The molecule has 3 aromatic rings. The number of anilines is 1. The van der Waals surface area contributed by atoms with Crippen LogP contribution in [0.5, 0.6) is 0 Å². The molecule has 1 amide bonds. The van der Waals surface area contributed by atoms with E-state index in [1.54, 1.807) is 18.2 Å². The molecule has 0 fully saturated rings. The Bertz CT molecular complexity index is 947. The number of rotatable bonds is 3. The third kappa shape index (κ3) is 2.97. The van der Waals surface area contributed by atoms with Crippen LogP contribution in [0.4, 0.5) is 18.9 Å². The molecule has 7 nitrogen and oxygen atoms in total. The molecule has 0 aliphatic heterocycles. The van der Waals surface area contributed by atoms with Crippen LogP contribution in [0, 0.1) is 0 Å². The Hall–Kier alpha value is -2.82. The van der Waals surface area contributed by atoms with Gasteiger partial charge in [0.1, 0.15) is 0 Å². The number of carbonyl (C=O) groups excluding carboxylic acids is 2. The molecule has 2 heterocycles. The molecule has 1 aromatic carbocycles. The molecule has 3 rings (SSSR count). The van der Waals surface area contributed by atoms with E-state index in [9.17, 15) is 22.8 Å². The fourth-order valence-electron chi connectivity index (χ4n) is 1.89. The number of fused-ring (bicyclic) bond motifs is 1. The molecule has 1 N–H and O–H groups in total. The molecule has 0 saturated heterocycles. The SMILES string of the molecule is CC(=O)c1cccc(NC(=O)c2nn3c(C(F)(F)F)nnc3s2)c1. The number of amides is 1. The highest BCUT2D eigenvalue weighted by atomic mass is 32.1. The van der Waals surface area contributed by atoms with Crippen LogP contribution in [0.15, 0.2) is 24.3 Å². The van der Waals surface area contributed by atoms with Crippen LogP contribution in [0.2, 0.25) is 0 Å². The monoisotopic (exact) mass is 355 g/mol. The molecule has 0 unspecified atom stereocenters. The van der Waals surface area contributed by atoms with Gasteiger partial charge in [0.2, 0.25) is 9.97 Å². The number of hydrogen-bond acceptors (Lipinski definition) is 6. The Morgan fingerprint density at radius 2 is 2.00 bits per heavy atom. The highest BCUT2D eigenvalue weighted by Crippen LogP contribution is 2.29. The zero-order valence-corrected chi connectivity index (χ0v) is 12.8. The Kier molecular flexibility index (Phi) is 3.79. The molecule has 0 atom stereocenters. The largest absolute Gasteiger partial charge is 0.453 e. The number of benzene rings is 1. The Labute approximate surface area is 136 Å². The fourth-order valence-corrected chi connectivity index (χ4v) is 2.62. The molecule has 0 saturated carbocycles. The van der Waals surface area contributed by atoms with Gasteiger partial charge in [-0.25, -0.2) is 0 Å². The van der Waals surface area contributed by atoms with Gasteiger partial charge < -0.3 is 5.32 Å². The maximum absolute atomic E-state index is 12.7. The third-order valence-corrected chi connectivity index (χ3v) is 3.86. The number of nitrogens with one attached hydrogen (secondary N) is 1. The number of carbonyl (C=O) groups is 2. The average molecular weight is 355 g/mol. The van der Waals surface area contributed by atoms with Gasteiger partial charge in [-0.1, -0.05) is 23.5 Å². The van der Waals surface area contributed by atoms with E-state index in [0.29, 0.717) is 27.1 Å². The lowest BCUT2D eigenvalue weighted by atomic mass is 10.1. The summed E-state index contributed by atoms with van der Waals surface area (Å²) in [6, 6.07) is 6.16. The second-order valence-corrected chi connectivity index (χ2v) is 5.67. The number of aromatic nitrogens is 4. The van der Waals surface area contributed by atoms with Gasteiger partial charge in [-0.05, 0) is 19.1 Å². The van der Waals surface area contributed by atoms with Crippen molar-refractivity contribution >= 4 is 33.7 Å². The van der Waals surface area contributed by atoms with Crippen LogP contribution >= 0.6 is 11.3 Å². The van der Waals surface area contributed by atoms with Crippen molar-refractivity contribution in [2.45, 2.75) is 13.1 Å². The Morgan fingerprint density at radius 3 is 2.67 bits per heavy atom. The van der Waals surface area contributed by atoms with E-state index in [1.165, 1.54) is 13.0 Å². The molecule has 24 heavy (non-hydrogen) atoms. The Balaban J connectivity index is 1.88. The number of halogens is 3. The minimum atomic E-state index is -4.73. The summed E-state index contributed by atoms with van der Waals surface area (Å²) in [7, 11) is 0. The van der Waals surface area contributed by atoms with Crippen LogP contribution in [0.25, 0.3) is 4.96 Å². The van der Waals surface area contributed by atoms with Crippen LogP contribution in [0.1, 0.15) is 32.9 Å². The minimum Gasteiger partial charge on any atom is -0.320 e. The Morgan fingerprint density at radius 1 is 1.25 bits per heavy atom. The predicted octanol–water partition coefficient (Wildman–Crippen LogP) is 2.66. The minimum absolute atomic E-state index is 0.148. The van der Waals surface area contributed by atoms with Crippen LogP contribution < -0.4 is 5.32 Å². The smallest absolute Gasteiger partial charge is 0.320 e. The second kappa shape index (κ2) is 5.67. The van der Waals surface area contributed by atoms with E-state index in [-0.39, 0.29) is 15.8 Å². The maximum atomic E-state index is 12.7. The van der Waals surface area contributed by atoms with Gasteiger partial charge in [0.25, 0.3) is 11.7 Å². The maximum Gasteiger partial charge on any atom is 0.453 e. The zero-order chi connectivity index (χ0) is 17.5. The first-order chi connectivity index (χ1) is 11.3. The lowest BCUT2D eigenvalue weighted by Crippen LogP contribution is -2.15. The van der Waals surface area contributed by atoms with Gasteiger partial charge in [-0.15, -0.1) is 15.3 Å². The van der Waals surface area contributed by atoms with Crippen LogP contribution in [0.3, 0.4) is 0 Å². The summed E-state index contributed by atoms with van der Waals surface area (Å²) >= 11 is 0.671. The van der Waals surface area contributed by atoms with Gasteiger partial charge in [-0.2, -0.15) is 17.7 Å². The number of nitrogens with zero attached hydrogens (tertiary/aromatic N) is 4. The van der Waals surface area contributed by atoms with Crippen molar-refractivity contribution in [2.75, 3.05) is 5.32 Å². The molecule has 0 radical (unpaired) electrons.